The van der Waals surface area contributed by atoms with Gasteiger partial charge in [-0.15, -0.1) is 6.58 Å². The predicted molar refractivity (Wildman–Crippen MR) is 70.4 cm³/mol. The van der Waals surface area contributed by atoms with Crippen molar-refractivity contribution < 1.29 is 8.42 Å². The van der Waals surface area contributed by atoms with Crippen molar-refractivity contribution in [2.45, 2.75) is 33.6 Å². The second kappa shape index (κ2) is 7.07. The third-order valence-corrected chi connectivity index (χ3v) is 4.63. The van der Waals surface area contributed by atoms with E-state index in [-0.39, 0.29) is 11.2 Å². The van der Waals surface area contributed by atoms with E-state index >= 15 is 0 Å². The molecule has 96 valence electrons. The molecule has 0 bridgehead atoms. The summed E-state index contributed by atoms with van der Waals surface area (Å²) in [6.07, 6.45) is 3.20. The Kier molecular flexibility index (Phi) is 6.91. The Morgan fingerprint density at radius 1 is 1.31 bits per heavy atom. The van der Waals surface area contributed by atoms with Crippen molar-refractivity contribution in [2.24, 2.45) is 5.41 Å². The van der Waals surface area contributed by atoms with Gasteiger partial charge in [0.1, 0.15) is 9.84 Å². The maximum atomic E-state index is 11.6. The summed E-state index contributed by atoms with van der Waals surface area (Å²) in [5.41, 5.74) is -0.128. The normalized spacial score (nSPS) is 15.7. The Morgan fingerprint density at radius 3 is 2.38 bits per heavy atom. The monoisotopic (exact) mass is 247 g/mol. The molecule has 0 saturated heterocycles. The molecule has 16 heavy (non-hydrogen) atoms. The quantitative estimate of drug-likeness (QED) is 0.634. The molecule has 1 N–H and O–H groups in total. The van der Waals surface area contributed by atoms with Crippen LogP contribution >= 0.6 is 0 Å². The van der Waals surface area contributed by atoms with Gasteiger partial charge in [-0.05, 0) is 24.8 Å². The summed E-state index contributed by atoms with van der Waals surface area (Å²) < 4.78 is 23.2. The molecule has 0 spiro atoms. The van der Waals surface area contributed by atoms with E-state index < -0.39 is 9.84 Å². The Morgan fingerprint density at radius 2 is 1.94 bits per heavy atom. The molecule has 0 amide bonds. The highest BCUT2D eigenvalue weighted by atomic mass is 32.2. The molecule has 4 heteroatoms. The summed E-state index contributed by atoms with van der Waals surface area (Å²) in [6.45, 7) is 11.5. The molecular weight excluding hydrogens is 222 g/mol. The van der Waals surface area contributed by atoms with Gasteiger partial charge in [0.05, 0.1) is 5.75 Å². The molecule has 0 aromatic rings. The Bertz CT molecular complexity index is 298. The number of sulfone groups is 1. The molecule has 0 rings (SSSR count). The summed E-state index contributed by atoms with van der Waals surface area (Å²) in [6, 6.07) is 0. The lowest BCUT2D eigenvalue weighted by Gasteiger charge is -2.25. The molecule has 0 aliphatic carbocycles. The van der Waals surface area contributed by atoms with Crippen LogP contribution in [0.25, 0.3) is 0 Å². The average molecular weight is 247 g/mol. The first-order valence-corrected chi connectivity index (χ1v) is 7.76. The van der Waals surface area contributed by atoms with Gasteiger partial charge < -0.3 is 5.32 Å². The van der Waals surface area contributed by atoms with Crippen molar-refractivity contribution in [1.29, 1.82) is 0 Å². The standard InChI is InChI=1S/C12H25NO2S/c1-5-9-16(14,15)10-8-12(4,6-2)11-13-7-3/h6,13H,2,5,7-11H2,1,3-4H3. The van der Waals surface area contributed by atoms with Crippen molar-refractivity contribution in [3.63, 3.8) is 0 Å². The summed E-state index contributed by atoms with van der Waals surface area (Å²) >= 11 is 0. The van der Waals surface area contributed by atoms with Crippen molar-refractivity contribution in [3.05, 3.63) is 12.7 Å². The van der Waals surface area contributed by atoms with Crippen LogP contribution < -0.4 is 5.32 Å². The molecule has 0 aliphatic rings. The summed E-state index contributed by atoms with van der Waals surface area (Å²) in [7, 11) is -2.88. The molecule has 0 aromatic heterocycles. The van der Waals surface area contributed by atoms with Gasteiger partial charge >= 0.3 is 0 Å². The Balaban J connectivity index is 4.28. The van der Waals surface area contributed by atoms with Crippen molar-refractivity contribution in [1.82, 2.24) is 5.32 Å². The first-order chi connectivity index (χ1) is 7.39. The lowest BCUT2D eigenvalue weighted by molar-refractivity contribution is 0.384. The highest BCUT2D eigenvalue weighted by Gasteiger charge is 2.22. The van der Waals surface area contributed by atoms with Crippen LogP contribution in [0.3, 0.4) is 0 Å². The Labute approximate surface area is 100 Å². The fourth-order valence-corrected chi connectivity index (χ4v) is 3.08. The van der Waals surface area contributed by atoms with E-state index in [1.54, 1.807) is 0 Å². The van der Waals surface area contributed by atoms with E-state index in [0.717, 1.165) is 13.1 Å². The highest BCUT2D eigenvalue weighted by Crippen LogP contribution is 2.22. The van der Waals surface area contributed by atoms with Crippen LogP contribution in [0.4, 0.5) is 0 Å². The lowest BCUT2D eigenvalue weighted by Crippen LogP contribution is -2.32. The van der Waals surface area contributed by atoms with Gasteiger partial charge in [-0.1, -0.05) is 26.8 Å². The van der Waals surface area contributed by atoms with E-state index in [0.29, 0.717) is 18.6 Å². The molecule has 0 fully saturated rings. The molecule has 0 aromatic carbocycles. The smallest absolute Gasteiger partial charge is 0.150 e. The first kappa shape index (κ1) is 15.7. The summed E-state index contributed by atoms with van der Waals surface area (Å²) in [5, 5.41) is 3.24. The van der Waals surface area contributed by atoms with Crippen molar-refractivity contribution in [2.75, 3.05) is 24.6 Å². The maximum Gasteiger partial charge on any atom is 0.150 e. The molecular formula is C12H25NO2S. The van der Waals surface area contributed by atoms with Gasteiger partial charge in [0.25, 0.3) is 0 Å². The van der Waals surface area contributed by atoms with Gasteiger partial charge in [0.2, 0.25) is 0 Å². The van der Waals surface area contributed by atoms with Crippen LogP contribution in [-0.2, 0) is 9.84 Å². The van der Waals surface area contributed by atoms with Crippen LogP contribution in [0.1, 0.15) is 33.6 Å². The second-order valence-electron chi connectivity index (χ2n) is 4.54. The largest absolute Gasteiger partial charge is 0.316 e. The van der Waals surface area contributed by atoms with Crippen LogP contribution in [0.15, 0.2) is 12.7 Å². The van der Waals surface area contributed by atoms with E-state index in [2.05, 4.69) is 11.9 Å². The number of nitrogens with one attached hydrogen (secondary N) is 1. The van der Waals surface area contributed by atoms with Gasteiger partial charge in [-0.3, -0.25) is 0 Å². The summed E-state index contributed by atoms with van der Waals surface area (Å²) in [5.74, 6) is 0.552. The zero-order valence-corrected chi connectivity index (χ0v) is 11.6. The van der Waals surface area contributed by atoms with Crippen LogP contribution in [0.2, 0.25) is 0 Å². The van der Waals surface area contributed by atoms with Crippen LogP contribution in [0, 0.1) is 5.41 Å². The minimum atomic E-state index is -2.88. The lowest BCUT2D eigenvalue weighted by atomic mass is 9.88. The minimum absolute atomic E-state index is 0.128. The SMILES string of the molecule is C=CC(C)(CCS(=O)(=O)CCC)CNCC. The average Bonchev–Trinajstić information content (AvgIpc) is 2.24. The van der Waals surface area contributed by atoms with Crippen LogP contribution in [0.5, 0.6) is 0 Å². The molecule has 3 nitrogen and oxygen atoms in total. The number of rotatable bonds is 9. The molecule has 1 unspecified atom stereocenters. The number of hydrogen-bond acceptors (Lipinski definition) is 3. The highest BCUT2D eigenvalue weighted by molar-refractivity contribution is 7.91. The van der Waals surface area contributed by atoms with E-state index in [4.69, 9.17) is 0 Å². The van der Waals surface area contributed by atoms with Gasteiger partial charge in [0.15, 0.2) is 0 Å². The second-order valence-corrected chi connectivity index (χ2v) is 6.84. The van der Waals surface area contributed by atoms with Gasteiger partial charge in [0, 0.05) is 12.3 Å². The molecule has 1 atom stereocenters. The summed E-state index contributed by atoms with van der Waals surface area (Å²) in [4.78, 5) is 0. The van der Waals surface area contributed by atoms with Gasteiger partial charge in [-0.2, -0.15) is 0 Å². The van der Waals surface area contributed by atoms with Crippen LogP contribution in [-0.4, -0.2) is 33.0 Å². The molecule has 0 radical (unpaired) electrons. The van der Waals surface area contributed by atoms with E-state index in [9.17, 15) is 8.42 Å². The van der Waals surface area contributed by atoms with E-state index in [1.807, 2.05) is 26.8 Å². The topological polar surface area (TPSA) is 46.2 Å². The minimum Gasteiger partial charge on any atom is -0.316 e. The first-order valence-electron chi connectivity index (χ1n) is 5.94. The zero-order chi connectivity index (χ0) is 12.7. The fraction of sp³-hybridized carbons (Fsp3) is 0.833. The molecule has 0 saturated carbocycles. The third kappa shape index (κ3) is 6.28. The zero-order valence-electron chi connectivity index (χ0n) is 10.8. The fourth-order valence-electron chi connectivity index (χ4n) is 1.47. The number of hydrogen-bond donors (Lipinski definition) is 1. The molecule has 0 aliphatic heterocycles. The van der Waals surface area contributed by atoms with Gasteiger partial charge in [-0.25, -0.2) is 8.42 Å². The Hall–Kier alpha value is -0.350. The maximum absolute atomic E-state index is 11.6. The molecule has 0 heterocycles. The third-order valence-electron chi connectivity index (χ3n) is 2.77. The van der Waals surface area contributed by atoms with Crippen molar-refractivity contribution >= 4 is 9.84 Å². The predicted octanol–water partition coefficient (Wildman–Crippen LogP) is 2.00. The van der Waals surface area contributed by atoms with Crippen molar-refractivity contribution in [3.8, 4) is 0 Å². The van der Waals surface area contributed by atoms with E-state index in [1.165, 1.54) is 0 Å².